The molecule has 1 saturated heterocycles. The van der Waals surface area contributed by atoms with E-state index in [9.17, 15) is 9.59 Å². The average molecular weight is 369 g/mol. The summed E-state index contributed by atoms with van der Waals surface area (Å²) in [5, 5.41) is 3.19. The van der Waals surface area contributed by atoms with E-state index < -0.39 is 5.97 Å². The van der Waals surface area contributed by atoms with Crippen LogP contribution < -0.4 is 10.2 Å². The summed E-state index contributed by atoms with van der Waals surface area (Å²) in [6, 6.07) is 8.94. The monoisotopic (exact) mass is 369 g/mol. The Labute approximate surface area is 158 Å². The zero-order chi connectivity index (χ0) is 19.4. The fourth-order valence-corrected chi connectivity index (χ4v) is 3.00. The molecule has 1 aromatic carbocycles. The van der Waals surface area contributed by atoms with E-state index in [1.54, 1.807) is 25.1 Å². The summed E-state index contributed by atoms with van der Waals surface area (Å²) in [6.07, 6.45) is 0. The van der Waals surface area contributed by atoms with Gasteiger partial charge >= 0.3 is 5.97 Å². The Morgan fingerprint density at radius 3 is 2.48 bits per heavy atom. The Morgan fingerprint density at radius 1 is 1.11 bits per heavy atom. The Hall–Kier alpha value is -3.16. The lowest BCUT2D eigenvalue weighted by Gasteiger charge is -2.34. The van der Waals surface area contributed by atoms with Crippen molar-refractivity contribution < 1.29 is 14.3 Å². The lowest BCUT2D eigenvalue weighted by atomic mass is 10.2. The predicted octanol–water partition coefficient (Wildman–Crippen LogP) is 1.98. The van der Waals surface area contributed by atoms with Crippen LogP contribution in [0.25, 0.3) is 0 Å². The van der Waals surface area contributed by atoms with Gasteiger partial charge in [0.05, 0.1) is 18.4 Å². The number of piperazine rings is 1. The van der Waals surface area contributed by atoms with Crippen LogP contribution in [0.3, 0.4) is 0 Å². The summed E-state index contributed by atoms with van der Waals surface area (Å²) in [5.74, 6) is 0.880. The first-order valence-corrected chi connectivity index (χ1v) is 8.78. The van der Waals surface area contributed by atoms with Gasteiger partial charge in [-0.15, -0.1) is 0 Å². The summed E-state index contributed by atoms with van der Waals surface area (Å²) in [6.45, 7) is 6.15. The van der Waals surface area contributed by atoms with Gasteiger partial charge in [-0.25, -0.2) is 9.78 Å². The van der Waals surface area contributed by atoms with Crippen molar-refractivity contribution in [3.8, 4) is 0 Å². The number of methoxy groups -OCH3 is 1. The van der Waals surface area contributed by atoms with Crippen molar-refractivity contribution in [2.75, 3.05) is 43.5 Å². The van der Waals surface area contributed by atoms with Crippen molar-refractivity contribution in [1.29, 1.82) is 0 Å². The van der Waals surface area contributed by atoms with Crippen LogP contribution in [0.1, 0.15) is 23.0 Å². The van der Waals surface area contributed by atoms with Gasteiger partial charge in [0.1, 0.15) is 5.82 Å². The van der Waals surface area contributed by atoms with Gasteiger partial charge in [-0.3, -0.25) is 4.79 Å². The number of esters is 1. The van der Waals surface area contributed by atoms with Crippen LogP contribution in [-0.4, -0.2) is 60.0 Å². The van der Waals surface area contributed by atoms with Gasteiger partial charge in [0, 0.05) is 44.9 Å². The Bertz CT molecular complexity index is 847. The summed E-state index contributed by atoms with van der Waals surface area (Å²) in [4.78, 5) is 36.4. The van der Waals surface area contributed by atoms with Gasteiger partial charge < -0.3 is 19.9 Å². The summed E-state index contributed by atoms with van der Waals surface area (Å²) in [5.41, 5.74) is 1.87. The Morgan fingerprint density at radius 2 is 1.81 bits per heavy atom. The first kappa shape index (κ1) is 18.6. The van der Waals surface area contributed by atoms with Crippen LogP contribution in [0.15, 0.2) is 30.3 Å². The lowest BCUT2D eigenvalue weighted by molar-refractivity contribution is -0.129. The van der Waals surface area contributed by atoms with Crippen LogP contribution >= 0.6 is 0 Å². The molecule has 0 unspecified atom stereocenters. The molecule has 1 fully saturated rings. The van der Waals surface area contributed by atoms with Crippen molar-refractivity contribution >= 4 is 29.3 Å². The molecule has 0 spiro atoms. The molecule has 0 bridgehead atoms. The largest absolute Gasteiger partial charge is 0.465 e. The van der Waals surface area contributed by atoms with Crippen LogP contribution in [0.2, 0.25) is 0 Å². The van der Waals surface area contributed by atoms with Crippen molar-refractivity contribution in [2.45, 2.75) is 13.8 Å². The summed E-state index contributed by atoms with van der Waals surface area (Å²) in [7, 11) is 1.35. The van der Waals surface area contributed by atoms with Crippen LogP contribution in [0.5, 0.6) is 0 Å². The zero-order valence-electron chi connectivity index (χ0n) is 15.7. The standard InChI is InChI=1S/C19H23N5O3/c1-13-12-17(21-16-7-5-4-6-15(16)18(26)27-3)22-19(20-13)24-10-8-23(9-11-24)14(2)25/h4-7,12H,8-11H2,1-3H3,(H,20,21,22). The number of nitrogens with one attached hydrogen (secondary N) is 1. The minimum Gasteiger partial charge on any atom is -0.465 e. The third-order valence-corrected chi connectivity index (χ3v) is 4.45. The van der Waals surface area contributed by atoms with E-state index >= 15 is 0 Å². The van der Waals surface area contributed by atoms with E-state index in [-0.39, 0.29) is 5.91 Å². The highest BCUT2D eigenvalue weighted by Crippen LogP contribution is 2.23. The minimum atomic E-state index is -0.413. The van der Waals surface area contributed by atoms with Gasteiger partial charge in [-0.1, -0.05) is 12.1 Å². The number of rotatable bonds is 4. The number of anilines is 3. The molecule has 0 aliphatic carbocycles. The SMILES string of the molecule is COC(=O)c1ccccc1Nc1cc(C)nc(N2CCN(C(C)=O)CC2)n1. The fraction of sp³-hybridized carbons (Fsp3) is 0.368. The number of hydrogen-bond donors (Lipinski definition) is 1. The normalized spacial score (nSPS) is 14.0. The van der Waals surface area contributed by atoms with Crippen molar-refractivity contribution in [2.24, 2.45) is 0 Å². The van der Waals surface area contributed by atoms with Gasteiger partial charge in [0.2, 0.25) is 11.9 Å². The number of carbonyl (C=O) groups is 2. The number of ether oxygens (including phenoxy) is 1. The second kappa shape index (κ2) is 8.03. The topological polar surface area (TPSA) is 87.7 Å². The maximum Gasteiger partial charge on any atom is 0.339 e. The van der Waals surface area contributed by atoms with Crippen LogP contribution in [0, 0.1) is 6.92 Å². The molecule has 8 heteroatoms. The van der Waals surface area contributed by atoms with E-state index in [1.165, 1.54) is 7.11 Å². The molecule has 2 heterocycles. The van der Waals surface area contributed by atoms with Gasteiger partial charge in [-0.2, -0.15) is 4.98 Å². The quantitative estimate of drug-likeness (QED) is 0.825. The van der Waals surface area contributed by atoms with E-state index in [0.717, 1.165) is 5.69 Å². The highest BCUT2D eigenvalue weighted by Gasteiger charge is 2.21. The zero-order valence-corrected chi connectivity index (χ0v) is 15.7. The Balaban J connectivity index is 1.81. The molecule has 0 atom stereocenters. The predicted molar refractivity (Wildman–Crippen MR) is 102 cm³/mol. The number of carbonyl (C=O) groups excluding carboxylic acids is 2. The van der Waals surface area contributed by atoms with Gasteiger partial charge in [0.25, 0.3) is 0 Å². The molecule has 0 radical (unpaired) electrons. The third kappa shape index (κ3) is 4.33. The molecule has 27 heavy (non-hydrogen) atoms. The number of amides is 1. The maximum absolute atomic E-state index is 12.0. The van der Waals surface area contributed by atoms with E-state index in [0.29, 0.717) is 49.2 Å². The van der Waals surface area contributed by atoms with Crippen molar-refractivity contribution in [1.82, 2.24) is 14.9 Å². The Kier molecular flexibility index (Phi) is 5.54. The fourth-order valence-electron chi connectivity index (χ4n) is 3.00. The molecular weight excluding hydrogens is 346 g/mol. The number of benzene rings is 1. The third-order valence-electron chi connectivity index (χ3n) is 4.45. The number of hydrogen-bond acceptors (Lipinski definition) is 7. The van der Waals surface area contributed by atoms with E-state index in [1.807, 2.05) is 24.0 Å². The molecule has 8 nitrogen and oxygen atoms in total. The number of nitrogens with zero attached hydrogens (tertiary/aromatic N) is 4. The van der Waals surface area contributed by atoms with Crippen molar-refractivity contribution in [3.63, 3.8) is 0 Å². The minimum absolute atomic E-state index is 0.0848. The highest BCUT2D eigenvalue weighted by atomic mass is 16.5. The molecule has 3 rings (SSSR count). The molecule has 1 aliphatic rings. The molecule has 0 saturated carbocycles. The summed E-state index contributed by atoms with van der Waals surface area (Å²) >= 11 is 0. The molecule has 1 aromatic heterocycles. The second-order valence-corrected chi connectivity index (χ2v) is 6.35. The molecule has 1 aliphatic heterocycles. The molecule has 142 valence electrons. The van der Waals surface area contributed by atoms with E-state index in [2.05, 4.69) is 20.2 Å². The number of para-hydroxylation sites is 1. The second-order valence-electron chi connectivity index (χ2n) is 6.35. The molecule has 2 aromatic rings. The van der Waals surface area contributed by atoms with Crippen LogP contribution in [0.4, 0.5) is 17.5 Å². The smallest absolute Gasteiger partial charge is 0.339 e. The van der Waals surface area contributed by atoms with Crippen molar-refractivity contribution in [3.05, 3.63) is 41.6 Å². The van der Waals surface area contributed by atoms with Gasteiger partial charge in [0.15, 0.2) is 0 Å². The van der Waals surface area contributed by atoms with E-state index in [4.69, 9.17) is 4.74 Å². The summed E-state index contributed by atoms with van der Waals surface area (Å²) < 4.78 is 4.83. The number of aromatic nitrogens is 2. The molecule has 1 amide bonds. The lowest BCUT2D eigenvalue weighted by Crippen LogP contribution is -2.48. The number of aryl methyl sites for hydroxylation is 1. The first-order valence-electron chi connectivity index (χ1n) is 8.78. The van der Waals surface area contributed by atoms with Gasteiger partial charge in [-0.05, 0) is 19.1 Å². The highest BCUT2D eigenvalue weighted by molar-refractivity contribution is 5.96. The molecule has 1 N–H and O–H groups in total. The molecular formula is C19H23N5O3. The van der Waals surface area contributed by atoms with Crippen LogP contribution in [-0.2, 0) is 9.53 Å². The maximum atomic E-state index is 12.0. The average Bonchev–Trinajstić information content (AvgIpc) is 2.67. The first-order chi connectivity index (χ1) is 13.0.